The fourth-order valence-electron chi connectivity index (χ4n) is 2.95. The number of hydrogen-bond donors (Lipinski definition) is 1. The standard InChI is InChI=1S/C18H21N5O3/c1-4-12-7-5-6-8-13(12)20-14(24)9-10-23-11-19-16-15(23)17(25)22(3)18(26)21(16)2/h5-8,11H,4,9-10H2,1-3H3,(H,20,24). The van der Waals surface area contributed by atoms with E-state index in [1.807, 2.05) is 31.2 Å². The van der Waals surface area contributed by atoms with Crippen LogP contribution in [0.25, 0.3) is 11.2 Å². The summed E-state index contributed by atoms with van der Waals surface area (Å²) < 4.78 is 3.98. The number of aryl methyl sites for hydroxylation is 3. The maximum atomic E-state index is 12.4. The van der Waals surface area contributed by atoms with Gasteiger partial charge in [-0.15, -0.1) is 0 Å². The number of carbonyl (C=O) groups excluding carboxylic acids is 1. The number of aromatic nitrogens is 4. The van der Waals surface area contributed by atoms with Gasteiger partial charge in [0.1, 0.15) is 0 Å². The Hall–Kier alpha value is -3.16. The average molecular weight is 355 g/mol. The molecule has 2 aromatic heterocycles. The zero-order chi connectivity index (χ0) is 18.8. The highest BCUT2D eigenvalue weighted by Gasteiger charge is 2.15. The van der Waals surface area contributed by atoms with E-state index >= 15 is 0 Å². The third-order valence-electron chi connectivity index (χ3n) is 4.47. The van der Waals surface area contributed by atoms with Gasteiger partial charge in [-0.25, -0.2) is 9.78 Å². The van der Waals surface area contributed by atoms with E-state index in [-0.39, 0.29) is 12.3 Å². The van der Waals surface area contributed by atoms with E-state index in [1.54, 1.807) is 11.6 Å². The number of carbonyl (C=O) groups is 1. The van der Waals surface area contributed by atoms with Crippen molar-refractivity contribution < 1.29 is 4.79 Å². The molecule has 0 aliphatic carbocycles. The summed E-state index contributed by atoms with van der Waals surface area (Å²) in [7, 11) is 2.99. The van der Waals surface area contributed by atoms with Crippen molar-refractivity contribution in [1.29, 1.82) is 0 Å². The van der Waals surface area contributed by atoms with Crippen LogP contribution in [0.1, 0.15) is 18.9 Å². The fraction of sp³-hybridized carbons (Fsp3) is 0.333. The highest BCUT2D eigenvalue weighted by Crippen LogP contribution is 2.16. The van der Waals surface area contributed by atoms with Gasteiger partial charge >= 0.3 is 5.69 Å². The Labute approximate surface area is 149 Å². The number of nitrogens with one attached hydrogen (secondary N) is 1. The summed E-state index contributed by atoms with van der Waals surface area (Å²) >= 11 is 0. The highest BCUT2D eigenvalue weighted by molar-refractivity contribution is 5.91. The molecular formula is C18H21N5O3. The van der Waals surface area contributed by atoms with Crippen molar-refractivity contribution in [3.8, 4) is 0 Å². The van der Waals surface area contributed by atoms with Crippen LogP contribution in [0.4, 0.5) is 5.69 Å². The summed E-state index contributed by atoms with van der Waals surface area (Å²) in [6.07, 6.45) is 2.50. The molecule has 136 valence electrons. The van der Waals surface area contributed by atoms with Gasteiger partial charge in [0.2, 0.25) is 5.91 Å². The van der Waals surface area contributed by atoms with E-state index in [9.17, 15) is 14.4 Å². The van der Waals surface area contributed by atoms with Gasteiger partial charge < -0.3 is 9.88 Å². The molecule has 0 spiro atoms. The Balaban J connectivity index is 1.81. The Morgan fingerprint density at radius 2 is 1.88 bits per heavy atom. The normalized spacial score (nSPS) is 11.0. The van der Waals surface area contributed by atoms with Crippen molar-refractivity contribution in [3.63, 3.8) is 0 Å². The number of rotatable bonds is 5. The summed E-state index contributed by atoms with van der Waals surface area (Å²) in [5, 5.41) is 2.91. The van der Waals surface area contributed by atoms with Gasteiger partial charge in [-0.2, -0.15) is 0 Å². The molecule has 8 nitrogen and oxygen atoms in total. The van der Waals surface area contributed by atoms with Crippen molar-refractivity contribution in [3.05, 3.63) is 57.0 Å². The lowest BCUT2D eigenvalue weighted by Gasteiger charge is -2.10. The molecule has 0 aliphatic heterocycles. The second kappa shape index (κ2) is 6.99. The van der Waals surface area contributed by atoms with Crippen LogP contribution in [-0.2, 0) is 31.9 Å². The van der Waals surface area contributed by atoms with E-state index in [2.05, 4.69) is 10.3 Å². The smallest absolute Gasteiger partial charge is 0.326 e. The van der Waals surface area contributed by atoms with Crippen LogP contribution in [0.5, 0.6) is 0 Å². The minimum absolute atomic E-state index is 0.144. The lowest BCUT2D eigenvalue weighted by Crippen LogP contribution is -2.37. The molecule has 3 rings (SSSR count). The number of para-hydroxylation sites is 1. The van der Waals surface area contributed by atoms with Crippen molar-refractivity contribution in [1.82, 2.24) is 18.7 Å². The molecule has 1 N–H and O–H groups in total. The summed E-state index contributed by atoms with van der Waals surface area (Å²) in [5.74, 6) is -0.144. The van der Waals surface area contributed by atoms with Gasteiger partial charge in [0.25, 0.3) is 5.56 Å². The maximum absolute atomic E-state index is 12.4. The van der Waals surface area contributed by atoms with E-state index < -0.39 is 11.2 Å². The molecule has 1 amide bonds. The molecule has 0 bridgehead atoms. The van der Waals surface area contributed by atoms with Crippen LogP contribution < -0.4 is 16.6 Å². The minimum Gasteiger partial charge on any atom is -0.326 e. The molecule has 0 radical (unpaired) electrons. The molecule has 2 heterocycles. The van der Waals surface area contributed by atoms with E-state index in [4.69, 9.17) is 0 Å². The van der Waals surface area contributed by atoms with Crippen LogP contribution in [-0.4, -0.2) is 24.6 Å². The number of amides is 1. The summed E-state index contributed by atoms with van der Waals surface area (Å²) in [5.41, 5.74) is 1.65. The SMILES string of the molecule is CCc1ccccc1NC(=O)CCn1cnc2c1c(=O)n(C)c(=O)n2C. The first-order valence-electron chi connectivity index (χ1n) is 8.42. The lowest BCUT2D eigenvalue weighted by molar-refractivity contribution is -0.116. The van der Waals surface area contributed by atoms with Crippen molar-refractivity contribution >= 4 is 22.8 Å². The maximum Gasteiger partial charge on any atom is 0.332 e. The second-order valence-corrected chi connectivity index (χ2v) is 6.12. The Bertz CT molecular complexity index is 1090. The number of fused-ring (bicyclic) bond motifs is 1. The number of benzene rings is 1. The molecule has 0 saturated carbocycles. The topological polar surface area (TPSA) is 90.9 Å². The number of hydrogen-bond acceptors (Lipinski definition) is 4. The average Bonchev–Trinajstić information content (AvgIpc) is 3.07. The predicted octanol–water partition coefficient (Wildman–Crippen LogP) is 1.02. The Morgan fingerprint density at radius 3 is 2.62 bits per heavy atom. The fourth-order valence-corrected chi connectivity index (χ4v) is 2.95. The Morgan fingerprint density at radius 1 is 1.15 bits per heavy atom. The monoisotopic (exact) mass is 355 g/mol. The molecule has 0 unspecified atom stereocenters. The molecule has 0 saturated heterocycles. The van der Waals surface area contributed by atoms with Gasteiger partial charge in [-0.3, -0.25) is 18.7 Å². The third kappa shape index (κ3) is 3.05. The van der Waals surface area contributed by atoms with Crippen LogP contribution in [0.3, 0.4) is 0 Å². The van der Waals surface area contributed by atoms with E-state index in [1.165, 1.54) is 17.9 Å². The zero-order valence-corrected chi connectivity index (χ0v) is 15.0. The van der Waals surface area contributed by atoms with Crippen molar-refractivity contribution in [2.24, 2.45) is 14.1 Å². The van der Waals surface area contributed by atoms with E-state index in [0.717, 1.165) is 22.2 Å². The van der Waals surface area contributed by atoms with Gasteiger partial charge in [-0.05, 0) is 18.1 Å². The molecule has 1 aromatic carbocycles. The van der Waals surface area contributed by atoms with Crippen molar-refractivity contribution in [2.75, 3.05) is 5.32 Å². The molecule has 0 atom stereocenters. The lowest BCUT2D eigenvalue weighted by atomic mass is 10.1. The quantitative estimate of drug-likeness (QED) is 0.740. The molecule has 0 aliphatic rings. The molecule has 3 aromatic rings. The zero-order valence-electron chi connectivity index (χ0n) is 15.0. The third-order valence-corrected chi connectivity index (χ3v) is 4.47. The Kier molecular flexibility index (Phi) is 4.75. The number of nitrogens with zero attached hydrogens (tertiary/aromatic N) is 4. The summed E-state index contributed by atoms with van der Waals surface area (Å²) in [6.45, 7) is 2.33. The largest absolute Gasteiger partial charge is 0.332 e. The molecule has 8 heteroatoms. The second-order valence-electron chi connectivity index (χ2n) is 6.12. The first kappa shape index (κ1) is 17.7. The predicted molar refractivity (Wildman–Crippen MR) is 99.3 cm³/mol. The number of anilines is 1. The van der Waals surface area contributed by atoms with E-state index in [0.29, 0.717) is 17.7 Å². The summed E-state index contributed by atoms with van der Waals surface area (Å²) in [6, 6.07) is 7.66. The van der Waals surface area contributed by atoms with Gasteiger partial charge in [-0.1, -0.05) is 25.1 Å². The van der Waals surface area contributed by atoms with Crippen LogP contribution in [0, 0.1) is 0 Å². The molecule has 26 heavy (non-hydrogen) atoms. The summed E-state index contributed by atoms with van der Waals surface area (Å²) in [4.78, 5) is 40.8. The highest BCUT2D eigenvalue weighted by atomic mass is 16.2. The van der Waals surface area contributed by atoms with Gasteiger partial charge in [0.05, 0.1) is 6.33 Å². The first-order valence-corrected chi connectivity index (χ1v) is 8.42. The van der Waals surface area contributed by atoms with Crippen LogP contribution >= 0.6 is 0 Å². The van der Waals surface area contributed by atoms with Gasteiger partial charge in [0.15, 0.2) is 11.2 Å². The van der Waals surface area contributed by atoms with Crippen LogP contribution in [0.2, 0.25) is 0 Å². The minimum atomic E-state index is -0.429. The number of imidazole rings is 1. The first-order chi connectivity index (χ1) is 12.4. The van der Waals surface area contributed by atoms with Gasteiger partial charge in [0, 0.05) is 32.7 Å². The van der Waals surface area contributed by atoms with Crippen LogP contribution in [0.15, 0.2) is 40.2 Å². The molecule has 0 fully saturated rings. The molecular weight excluding hydrogens is 334 g/mol. The van der Waals surface area contributed by atoms with Crippen molar-refractivity contribution in [2.45, 2.75) is 26.3 Å².